The van der Waals surface area contributed by atoms with Gasteiger partial charge in [0.25, 0.3) is 0 Å². The van der Waals surface area contributed by atoms with E-state index in [1.807, 2.05) is 24.3 Å². The predicted molar refractivity (Wildman–Crippen MR) is 73.0 cm³/mol. The van der Waals surface area contributed by atoms with E-state index in [0.717, 1.165) is 12.0 Å². The van der Waals surface area contributed by atoms with Crippen molar-refractivity contribution in [2.45, 2.75) is 20.3 Å². The molecule has 2 rings (SSSR count). The normalized spacial score (nSPS) is 10.7. The average Bonchev–Trinajstić information content (AvgIpc) is 2.39. The number of hydrogen-bond donors (Lipinski definition) is 1. The lowest BCUT2D eigenvalue weighted by Crippen LogP contribution is -2.04. The second-order valence-corrected chi connectivity index (χ2v) is 4.85. The molecule has 1 heterocycles. The molecule has 0 saturated heterocycles. The molecule has 0 bridgehead atoms. The summed E-state index contributed by atoms with van der Waals surface area (Å²) < 4.78 is 0. The lowest BCUT2D eigenvalue weighted by Gasteiger charge is -2.07. The van der Waals surface area contributed by atoms with Gasteiger partial charge in [0.2, 0.25) is 0 Å². The summed E-state index contributed by atoms with van der Waals surface area (Å²) >= 11 is 0. The highest BCUT2D eigenvalue weighted by Crippen LogP contribution is 2.21. The van der Waals surface area contributed by atoms with Gasteiger partial charge in [-0.1, -0.05) is 38.1 Å². The highest BCUT2D eigenvalue weighted by Gasteiger charge is 2.14. The molecule has 4 heteroatoms. The molecule has 0 fully saturated rings. The smallest absolute Gasteiger partial charge is 0.356 e. The monoisotopic (exact) mass is 256 g/mol. The maximum absolute atomic E-state index is 11.1. The van der Waals surface area contributed by atoms with Crippen molar-refractivity contribution in [2.24, 2.45) is 5.92 Å². The number of hydrogen-bond acceptors (Lipinski definition) is 3. The molecule has 1 N–H and O–H groups in total. The molecule has 2 aromatic rings. The van der Waals surface area contributed by atoms with E-state index < -0.39 is 5.97 Å². The first-order chi connectivity index (χ1) is 9.08. The summed E-state index contributed by atoms with van der Waals surface area (Å²) in [5.41, 5.74) is 2.41. The van der Waals surface area contributed by atoms with E-state index in [0.29, 0.717) is 11.6 Å². The van der Waals surface area contributed by atoms with Crippen LogP contribution in [0.25, 0.3) is 11.3 Å². The Morgan fingerprint density at radius 3 is 2.37 bits per heavy atom. The van der Waals surface area contributed by atoms with Crippen LogP contribution in [0, 0.1) is 5.92 Å². The SMILES string of the molecule is CC(C)Cc1ccc(-c2nccnc2C(=O)O)cc1. The molecule has 0 aliphatic carbocycles. The van der Waals surface area contributed by atoms with E-state index in [2.05, 4.69) is 23.8 Å². The molecular formula is C15H16N2O2. The first kappa shape index (κ1) is 13.2. The second kappa shape index (κ2) is 5.61. The van der Waals surface area contributed by atoms with Gasteiger partial charge in [-0.25, -0.2) is 9.78 Å². The number of aromatic nitrogens is 2. The zero-order valence-electron chi connectivity index (χ0n) is 11.0. The van der Waals surface area contributed by atoms with Crippen molar-refractivity contribution in [3.05, 3.63) is 47.9 Å². The molecule has 4 nitrogen and oxygen atoms in total. The molecule has 0 aliphatic rings. The fourth-order valence-corrected chi connectivity index (χ4v) is 1.98. The van der Waals surface area contributed by atoms with E-state index in [1.54, 1.807) is 0 Å². The number of rotatable bonds is 4. The van der Waals surface area contributed by atoms with Gasteiger partial charge in [-0.15, -0.1) is 0 Å². The first-order valence-electron chi connectivity index (χ1n) is 6.21. The lowest BCUT2D eigenvalue weighted by molar-refractivity contribution is 0.0691. The van der Waals surface area contributed by atoms with Crippen molar-refractivity contribution >= 4 is 5.97 Å². The maximum Gasteiger partial charge on any atom is 0.356 e. The summed E-state index contributed by atoms with van der Waals surface area (Å²) in [6, 6.07) is 7.81. The average molecular weight is 256 g/mol. The standard InChI is InChI=1S/C15H16N2O2/c1-10(2)9-11-3-5-12(6-4-11)13-14(15(18)19)17-8-7-16-13/h3-8,10H,9H2,1-2H3,(H,18,19). The Balaban J connectivity index is 2.35. The van der Waals surface area contributed by atoms with E-state index >= 15 is 0 Å². The Morgan fingerprint density at radius 2 is 1.79 bits per heavy atom. The van der Waals surface area contributed by atoms with Gasteiger partial charge in [-0.05, 0) is 17.9 Å². The summed E-state index contributed by atoms with van der Waals surface area (Å²) in [5.74, 6) is -0.466. The fraction of sp³-hybridized carbons (Fsp3) is 0.267. The summed E-state index contributed by atoms with van der Waals surface area (Å²) in [6.45, 7) is 4.33. The van der Waals surface area contributed by atoms with Crippen LogP contribution in [0.5, 0.6) is 0 Å². The number of carbonyl (C=O) groups is 1. The molecule has 1 aromatic carbocycles. The highest BCUT2D eigenvalue weighted by molar-refractivity contribution is 5.92. The molecule has 0 saturated carbocycles. The van der Waals surface area contributed by atoms with Crippen LogP contribution in [-0.2, 0) is 6.42 Å². The van der Waals surface area contributed by atoms with E-state index in [4.69, 9.17) is 5.11 Å². The summed E-state index contributed by atoms with van der Waals surface area (Å²) in [6.07, 6.45) is 3.90. The second-order valence-electron chi connectivity index (χ2n) is 4.85. The minimum absolute atomic E-state index is 0.0147. The van der Waals surface area contributed by atoms with Crippen LogP contribution in [0.2, 0.25) is 0 Å². The molecule has 1 aromatic heterocycles. The van der Waals surface area contributed by atoms with Gasteiger partial charge in [-0.3, -0.25) is 4.98 Å². The minimum atomic E-state index is -1.06. The summed E-state index contributed by atoms with van der Waals surface area (Å²) in [4.78, 5) is 19.1. The number of aromatic carboxylic acids is 1. The Labute approximate surface area is 112 Å². The summed E-state index contributed by atoms with van der Waals surface area (Å²) in [5, 5.41) is 9.10. The molecule has 0 unspecified atom stereocenters. The van der Waals surface area contributed by atoms with E-state index in [1.165, 1.54) is 18.0 Å². The number of nitrogens with zero attached hydrogens (tertiary/aromatic N) is 2. The zero-order valence-corrected chi connectivity index (χ0v) is 11.0. The van der Waals surface area contributed by atoms with Crippen LogP contribution in [0.3, 0.4) is 0 Å². The van der Waals surface area contributed by atoms with Gasteiger partial charge in [0.1, 0.15) is 5.69 Å². The van der Waals surface area contributed by atoms with Gasteiger partial charge < -0.3 is 5.11 Å². The number of carboxylic acid groups (broad SMARTS) is 1. The summed E-state index contributed by atoms with van der Waals surface area (Å²) in [7, 11) is 0. The highest BCUT2D eigenvalue weighted by atomic mass is 16.4. The third-order valence-corrected chi connectivity index (χ3v) is 2.77. The molecule has 19 heavy (non-hydrogen) atoms. The van der Waals surface area contributed by atoms with Gasteiger partial charge >= 0.3 is 5.97 Å². The van der Waals surface area contributed by atoms with Crippen LogP contribution < -0.4 is 0 Å². The van der Waals surface area contributed by atoms with Crippen LogP contribution in [-0.4, -0.2) is 21.0 Å². The number of carboxylic acids is 1. The van der Waals surface area contributed by atoms with Gasteiger partial charge in [-0.2, -0.15) is 0 Å². The van der Waals surface area contributed by atoms with Crippen LogP contribution in [0.1, 0.15) is 29.9 Å². The van der Waals surface area contributed by atoms with Crippen molar-refractivity contribution in [3.63, 3.8) is 0 Å². The van der Waals surface area contributed by atoms with Crippen LogP contribution >= 0.6 is 0 Å². The van der Waals surface area contributed by atoms with Gasteiger partial charge in [0.15, 0.2) is 5.69 Å². The Morgan fingerprint density at radius 1 is 1.16 bits per heavy atom. The molecule has 0 aliphatic heterocycles. The van der Waals surface area contributed by atoms with Crippen molar-refractivity contribution in [2.75, 3.05) is 0 Å². The lowest BCUT2D eigenvalue weighted by atomic mass is 10.0. The quantitative estimate of drug-likeness (QED) is 0.913. The van der Waals surface area contributed by atoms with Crippen molar-refractivity contribution in [1.82, 2.24) is 9.97 Å². The molecule has 0 radical (unpaired) electrons. The predicted octanol–water partition coefficient (Wildman–Crippen LogP) is 3.04. The van der Waals surface area contributed by atoms with Crippen molar-refractivity contribution in [1.29, 1.82) is 0 Å². The van der Waals surface area contributed by atoms with Crippen molar-refractivity contribution < 1.29 is 9.90 Å². The number of benzene rings is 1. The molecular weight excluding hydrogens is 240 g/mol. The van der Waals surface area contributed by atoms with Gasteiger partial charge in [0.05, 0.1) is 0 Å². The topological polar surface area (TPSA) is 63.1 Å². The van der Waals surface area contributed by atoms with Crippen molar-refractivity contribution in [3.8, 4) is 11.3 Å². The molecule has 98 valence electrons. The molecule has 0 amide bonds. The minimum Gasteiger partial charge on any atom is -0.476 e. The molecule has 0 atom stereocenters. The Kier molecular flexibility index (Phi) is 3.90. The van der Waals surface area contributed by atoms with E-state index in [9.17, 15) is 4.79 Å². The molecule has 0 spiro atoms. The third kappa shape index (κ3) is 3.16. The first-order valence-corrected chi connectivity index (χ1v) is 6.21. The third-order valence-electron chi connectivity index (χ3n) is 2.77. The van der Waals surface area contributed by atoms with Crippen LogP contribution in [0.4, 0.5) is 0 Å². The zero-order chi connectivity index (χ0) is 13.8. The fourth-order valence-electron chi connectivity index (χ4n) is 1.98. The Bertz CT molecular complexity index is 577. The largest absolute Gasteiger partial charge is 0.476 e. The maximum atomic E-state index is 11.1. The van der Waals surface area contributed by atoms with Crippen LogP contribution in [0.15, 0.2) is 36.7 Å². The van der Waals surface area contributed by atoms with E-state index in [-0.39, 0.29) is 5.69 Å². The Hall–Kier alpha value is -2.23. The van der Waals surface area contributed by atoms with Gasteiger partial charge in [0, 0.05) is 18.0 Å².